The number of rotatable bonds is 3. The summed E-state index contributed by atoms with van der Waals surface area (Å²) in [6.07, 6.45) is 3.39. The second-order valence-electron chi connectivity index (χ2n) is 5.83. The van der Waals surface area contributed by atoms with Crippen LogP contribution in [-0.2, 0) is 11.3 Å². The lowest BCUT2D eigenvalue weighted by molar-refractivity contribution is 0.0597. The lowest BCUT2D eigenvalue weighted by Gasteiger charge is -2.38. The highest BCUT2D eigenvalue weighted by molar-refractivity contribution is 5.92. The minimum absolute atomic E-state index is 0.0306. The monoisotopic (exact) mass is 279 g/mol. The normalized spacial score (nSPS) is 21.6. The SMILES string of the molecule is COCc1cc(C(=O)N2CCC3(CCNC3)CC2)no1. The molecule has 0 aromatic carbocycles. The van der Waals surface area contributed by atoms with Crippen LogP contribution in [0.5, 0.6) is 0 Å². The molecule has 20 heavy (non-hydrogen) atoms. The van der Waals surface area contributed by atoms with Crippen molar-refractivity contribution in [3.63, 3.8) is 0 Å². The number of ether oxygens (including phenoxy) is 1. The van der Waals surface area contributed by atoms with Crippen LogP contribution >= 0.6 is 0 Å². The van der Waals surface area contributed by atoms with Gasteiger partial charge in [-0.15, -0.1) is 0 Å². The molecule has 0 aliphatic carbocycles. The zero-order chi connectivity index (χ0) is 14.0. The van der Waals surface area contributed by atoms with Crippen molar-refractivity contribution in [2.24, 2.45) is 5.41 Å². The molecule has 2 aliphatic rings. The third-order valence-electron chi connectivity index (χ3n) is 4.51. The van der Waals surface area contributed by atoms with Gasteiger partial charge in [-0.1, -0.05) is 5.16 Å². The van der Waals surface area contributed by atoms with Crippen LogP contribution in [0.2, 0.25) is 0 Å². The molecule has 6 heteroatoms. The standard InChI is InChI=1S/C14H21N3O3/c1-19-9-11-8-12(16-20-11)13(18)17-6-3-14(4-7-17)2-5-15-10-14/h8,15H,2-7,9-10H2,1H3. The summed E-state index contributed by atoms with van der Waals surface area (Å²) < 4.78 is 10.0. The fourth-order valence-electron chi connectivity index (χ4n) is 3.19. The Morgan fingerprint density at radius 3 is 2.95 bits per heavy atom. The second-order valence-corrected chi connectivity index (χ2v) is 5.83. The first-order valence-electron chi connectivity index (χ1n) is 7.17. The molecule has 3 rings (SSSR count). The predicted octanol–water partition coefficient (Wildman–Crippen LogP) is 1.04. The maximum Gasteiger partial charge on any atom is 0.276 e. The Labute approximate surface area is 118 Å². The fraction of sp³-hybridized carbons (Fsp3) is 0.714. The number of hydrogen-bond donors (Lipinski definition) is 1. The first-order valence-corrected chi connectivity index (χ1v) is 7.17. The largest absolute Gasteiger partial charge is 0.377 e. The van der Waals surface area contributed by atoms with Gasteiger partial charge in [-0.2, -0.15) is 0 Å². The summed E-state index contributed by atoms with van der Waals surface area (Å²) in [6, 6.07) is 1.67. The van der Waals surface area contributed by atoms with Crippen LogP contribution in [0, 0.1) is 5.41 Å². The van der Waals surface area contributed by atoms with Gasteiger partial charge in [-0.3, -0.25) is 4.79 Å². The molecular weight excluding hydrogens is 258 g/mol. The number of nitrogens with zero attached hydrogens (tertiary/aromatic N) is 2. The maximum absolute atomic E-state index is 12.4. The van der Waals surface area contributed by atoms with Crippen LogP contribution in [-0.4, -0.2) is 49.3 Å². The molecule has 0 unspecified atom stereocenters. The van der Waals surface area contributed by atoms with E-state index in [-0.39, 0.29) is 5.91 Å². The molecule has 110 valence electrons. The minimum atomic E-state index is -0.0306. The van der Waals surface area contributed by atoms with Gasteiger partial charge >= 0.3 is 0 Å². The number of nitrogens with one attached hydrogen (secondary N) is 1. The Balaban J connectivity index is 1.60. The first kappa shape index (κ1) is 13.6. The molecule has 6 nitrogen and oxygen atoms in total. The van der Waals surface area contributed by atoms with Gasteiger partial charge in [0, 0.05) is 32.8 Å². The van der Waals surface area contributed by atoms with Gasteiger partial charge < -0.3 is 19.5 Å². The average molecular weight is 279 g/mol. The van der Waals surface area contributed by atoms with Crippen LogP contribution in [0.4, 0.5) is 0 Å². The van der Waals surface area contributed by atoms with E-state index in [1.807, 2.05) is 4.90 Å². The van der Waals surface area contributed by atoms with E-state index in [9.17, 15) is 4.79 Å². The molecule has 0 atom stereocenters. The Morgan fingerprint density at radius 2 is 2.30 bits per heavy atom. The molecule has 1 aromatic rings. The molecular formula is C14H21N3O3. The average Bonchev–Trinajstić information content (AvgIpc) is 3.10. The van der Waals surface area contributed by atoms with Crippen molar-refractivity contribution in [2.75, 3.05) is 33.3 Å². The van der Waals surface area contributed by atoms with E-state index in [0.29, 0.717) is 23.5 Å². The fourth-order valence-corrected chi connectivity index (χ4v) is 3.19. The van der Waals surface area contributed by atoms with Gasteiger partial charge in [-0.25, -0.2) is 0 Å². The highest BCUT2D eigenvalue weighted by atomic mass is 16.5. The topological polar surface area (TPSA) is 67.6 Å². The summed E-state index contributed by atoms with van der Waals surface area (Å²) in [5.41, 5.74) is 0.805. The van der Waals surface area contributed by atoms with Crippen molar-refractivity contribution in [3.8, 4) is 0 Å². The maximum atomic E-state index is 12.4. The van der Waals surface area contributed by atoms with E-state index in [4.69, 9.17) is 9.26 Å². The van der Waals surface area contributed by atoms with Crippen LogP contribution in [0.25, 0.3) is 0 Å². The van der Waals surface area contributed by atoms with Crippen molar-refractivity contribution < 1.29 is 14.1 Å². The summed E-state index contributed by atoms with van der Waals surface area (Å²) in [5, 5.41) is 7.27. The molecule has 1 aromatic heterocycles. The van der Waals surface area contributed by atoms with Gasteiger partial charge in [0.15, 0.2) is 11.5 Å². The molecule has 1 amide bonds. The van der Waals surface area contributed by atoms with E-state index < -0.39 is 0 Å². The van der Waals surface area contributed by atoms with Crippen LogP contribution < -0.4 is 5.32 Å². The van der Waals surface area contributed by atoms with Crippen molar-refractivity contribution in [2.45, 2.75) is 25.9 Å². The second kappa shape index (κ2) is 5.54. The number of carbonyl (C=O) groups excluding carboxylic acids is 1. The molecule has 2 saturated heterocycles. The number of piperidine rings is 1. The van der Waals surface area contributed by atoms with Crippen molar-refractivity contribution in [1.82, 2.24) is 15.4 Å². The lowest BCUT2D eigenvalue weighted by Crippen LogP contribution is -2.44. The summed E-state index contributed by atoms with van der Waals surface area (Å²) >= 11 is 0. The first-order chi connectivity index (χ1) is 9.72. The quantitative estimate of drug-likeness (QED) is 0.895. The van der Waals surface area contributed by atoms with Crippen molar-refractivity contribution >= 4 is 5.91 Å². The number of amides is 1. The highest BCUT2D eigenvalue weighted by Crippen LogP contribution is 2.37. The van der Waals surface area contributed by atoms with E-state index in [0.717, 1.165) is 39.0 Å². The molecule has 3 heterocycles. The Morgan fingerprint density at radius 1 is 1.50 bits per heavy atom. The van der Waals surface area contributed by atoms with E-state index in [1.165, 1.54) is 6.42 Å². The van der Waals surface area contributed by atoms with E-state index in [2.05, 4.69) is 10.5 Å². The summed E-state index contributed by atoms with van der Waals surface area (Å²) in [6.45, 7) is 4.17. The summed E-state index contributed by atoms with van der Waals surface area (Å²) in [7, 11) is 1.59. The number of likely N-dealkylation sites (tertiary alicyclic amines) is 1. The number of methoxy groups -OCH3 is 1. The summed E-state index contributed by atoms with van der Waals surface area (Å²) in [4.78, 5) is 14.3. The molecule has 0 radical (unpaired) electrons. The predicted molar refractivity (Wildman–Crippen MR) is 72.3 cm³/mol. The molecule has 0 saturated carbocycles. The molecule has 1 N–H and O–H groups in total. The van der Waals surface area contributed by atoms with Crippen LogP contribution in [0.3, 0.4) is 0 Å². The van der Waals surface area contributed by atoms with Crippen LogP contribution in [0.1, 0.15) is 35.5 Å². The number of hydrogen-bond acceptors (Lipinski definition) is 5. The Kier molecular flexibility index (Phi) is 3.76. The zero-order valence-corrected chi connectivity index (χ0v) is 11.9. The smallest absolute Gasteiger partial charge is 0.276 e. The molecule has 0 bridgehead atoms. The zero-order valence-electron chi connectivity index (χ0n) is 11.9. The van der Waals surface area contributed by atoms with Crippen molar-refractivity contribution in [3.05, 3.63) is 17.5 Å². The van der Waals surface area contributed by atoms with Gasteiger partial charge in [0.1, 0.15) is 6.61 Å². The van der Waals surface area contributed by atoms with Crippen molar-refractivity contribution in [1.29, 1.82) is 0 Å². The van der Waals surface area contributed by atoms with Crippen LogP contribution in [0.15, 0.2) is 10.6 Å². The third kappa shape index (κ3) is 2.58. The summed E-state index contributed by atoms with van der Waals surface area (Å²) in [5.74, 6) is 0.557. The van der Waals surface area contributed by atoms with Gasteiger partial charge in [-0.05, 0) is 31.2 Å². The number of carbonyl (C=O) groups is 1. The highest BCUT2D eigenvalue weighted by Gasteiger charge is 2.38. The van der Waals surface area contributed by atoms with E-state index in [1.54, 1.807) is 13.2 Å². The van der Waals surface area contributed by atoms with Gasteiger partial charge in [0.05, 0.1) is 0 Å². The number of aromatic nitrogens is 1. The van der Waals surface area contributed by atoms with Gasteiger partial charge in [0.25, 0.3) is 5.91 Å². The molecule has 2 aliphatic heterocycles. The molecule has 1 spiro atoms. The Hall–Kier alpha value is -1.40. The lowest BCUT2D eigenvalue weighted by atomic mass is 9.78. The Bertz CT molecular complexity index is 470. The third-order valence-corrected chi connectivity index (χ3v) is 4.51. The minimum Gasteiger partial charge on any atom is -0.377 e. The van der Waals surface area contributed by atoms with E-state index >= 15 is 0 Å². The van der Waals surface area contributed by atoms with Gasteiger partial charge in [0.2, 0.25) is 0 Å². The molecule has 2 fully saturated rings.